The molecule has 0 unspecified atom stereocenters. The van der Waals surface area contributed by atoms with E-state index < -0.39 is 33.8 Å². The Kier molecular flexibility index (Phi) is 5.05. The standard InChI is InChI=1S/C15H19N5O8P2/c1-3-11-18-13(16-2)12-14(19-11)20(7-17-12)9-4-10(28-30(24,25)26)15(5-8(9)15)6-27-29(21,22)23/h1,7-10H,4-6H2,2H3,(H,16,18,19)(H2,21,22,23)(H2,24,25,26)/t8-,9-,10+,15+/m1/s1. The minimum Gasteiger partial charge on any atom is -0.371 e. The Bertz CT molecular complexity index is 1140. The van der Waals surface area contributed by atoms with Crippen molar-refractivity contribution in [1.82, 2.24) is 19.5 Å². The first-order valence-electron chi connectivity index (χ1n) is 8.80. The van der Waals surface area contributed by atoms with E-state index >= 15 is 0 Å². The third-order valence-electron chi connectivity index (χ3n) is 5.65. The fraction of sp³-hybridized carbons (Fsp3) is 0.533. The molecule has 162 valence electrons. The van der Waals surface area contributed by atoms with E-state index in [1.165, 1.54) is 6.33 Å². The summed E-state index contributed by atoms with van der Waals surface area (Å²) in [6, 6.07) is -0.350. The number of imidazole rings is 1. The van der Waals surface area contributed by atoms with Crippen LogP contribution in [0.1, 0.15) is 24.7 Å². The van der Waals surface area contributed by atoms with Crippen molar-refractivity contribution < 1.29 is 37.8 Å². The lowest BCUT2D eigenvalue weighted by Gasteiger charge is -2.24. The highest BCUT2D eigenvalue weighted by Gasteiger charge is 2.70. The molecule has 2 fully saturated rings. The maximum absolute atomic E-state index is 11.5. The summed E-state index contributed by atoms with van der Waals surface area (Å²) in [5.41, 5.74) is -0.0495. The molecular formula is C15H19N5O8P2. The maximum Gasteiger partial charge on any atom is 0.469 e. The predicted molar refractivity (Wildman–Crippen MR) is 102 cm³/mol. The van der Waals surface area contributed by atoms with Crippen LogP contribution in [0.4, 0.5) is 5.82 Å². The molecule has 2 aromatic heterocycles. The molecule has 4 atom stereocenters. The summed E-state index contributed by atoms with van der Waals surface area (Å²) < 4.78 is 34.0. The van der Waals surface area contributed by atoms with Crippen LogP contribution in [0.2, 0.25) is 0 Å². The van der Waals surface area contributed by atoms with Gasteiger partial charge in [-0.1, -0.05) is 0 Å². The molecule has 0 saturated heterocycles. The molecule has 2 saturated carbocycles. The normalized spacial score (nSPS) is 28.3. The second-order valence-electron chi connectivity index (χ2n) is 7.31. The molecule has 2 aliphatic carbocycles. The Balaban J connectivity index is 1.72. The summed E-state index contributed by atoms with van der Waals surface area (Å²) in [6.45, 7) is -0.401. The molecule has 13 nitrogen and oxygen atoms in total. The first-order chi connectivity index (χ1) is 14.0. The molecule has 0 bridgehead atoms. The van der Waals surface area contributed by atoms with E-state index in [1.807, 2.05) is 0 Å². The number of rotatable bonds is 7. The van der Waals surface area contributed by atoms with Gasteiger partial charge < -0.3 is 29.5 Å². The number of nitrogens with one attached hydrogen (secondary N) is 1. The van der Waals surface area contributed by atoms with E-state index in [9.17, 15) is 18.9 Å². The second kappa shape index (κ2) is 7.09. The van der Waals surface area contributed by atoms with Gasteiger partial charge in [0.2, 0.25) is 5.82 Å². The number of terminal acetylenes is 1. The smallest absolute Gasteiger partial charge is 0.371 e. The lowest BCUT2D eigenvalue weighted by atomic mass is 10.0. The average molecular weight is 459 g/mol. The minimum absolute atomic E-state index is 0.140. The van der Waals surface area contributed by atoms with Crippen LogP contribution in [0.5, 0.6) is 0 Å². The largest absolute Gasteiger partial charge is 0.469 e. The first kappa shape index (κ1) is 21.4. The molecule has 5 N–H and O–H groups in total. The number of fused-ring (bicyclic) bond motifs is 2. The number of anilines is 1. The summed E-state index contributed by atoms with van der Waals surface area (Å²) in [7, 11) is -7.96. The van der Waals surface area contributed by atoms with Gasteiger partial charge in [-0.05, 0) is 24.7 Å². The first-order valence-corrected chi connectivity index (χ1v) is 11.9. The molecule has 30 heavy (non-hydrogen) atoms. The molecule has 0 amide bonds. The molecule has 2 aliphatic rings. The highest BCUT2D eigenvalue weighted by atomic mass is 31.2. The van der Waals surface area contributed by atoms with E-state index in [0.29, 0.717) is 23.4 Å². The van der Waals surface area contributed by atoms with Crippen LogP contribution in [-0.4, -0.2) is 58.9 Å². The van der Waals surface area contributed by atoms with Gasteiger partial charge in [-0.2, -0.15) is 0 Å². The van der Waals surface area contributed by atoms with E-state index in [4.69, 9.17) is 20.7 Å². The van der Waals surface area contributed by atoms with Crippen LogP contribution in [-0.2, 0) is 18.2 Å². The third-order valence-corrected chi connectivity index (χ3v) is 6.64. The average Bonchev–Trinajstić information content (AvgIpc) is 3.12. The van der Waals surface area contributed by atoms with Crippen molar-refractivity contribution in [2.45, 2.75) is 25.0 Å². The van der Waals surface area contributed by atoms with Crippen molar-refractivity contribution in [1.29, 1.82) is 0 Å². The summed E-state index contributed by atoms with van der Waals surface area (Å²) in [4.78, 5) is 49.6. The molecule has 15 heteroatoms. The van der Waals surface area contributed by atoms with Gasteiger partial charge in [0.15, 0.2) is 17.0 Å². The van der Waals surface area contributed by atoms with Crippen LogP contribution in [0.25, 0.3) is 11.2 Å². The van der Waals surface area contributed by atoms with Crippen molar-refractivity contribution in [3.8, 4) is 12.3 Å². The van der Waals surface area contributed by atoms with Gasteiger partial charge in [0.25, 0.3) is 0 Å². The topological polar surface area (TPSA) is 189 Å². The van der Waals surface area contributed by atoms with Crippen LogP contribution >= 0.6 is 15.6 Å². The molecular weight excluding hydrogens is 440 g/mol. The zero-order valence-electron chi connectivity index (χ0n) is 15.6. The van der Waals surface area contributed by atoms with E-state index in [-0.39, 0.29) is 24.2 Å². The van der Waals surface area contributed by atoms with Gasteiger partial charge in [-0.3, -0.25) is 9.05 Å². The monoisotopic (exact) mass is 459 g/mol. The number of hydrogen-bond donors (Lipinski definition) is 5. The molecule has 2 heterocycles. The van der Waals surface area contributed by atoms with E-state index in [1.54, 1.807) is 11.6 Å². The van der Waals surface area contributed by atoms with Crippen LogP contribution in [0.3, 0.4) is 0 Å². The Morgan fingerprint density at radius 1 is 1.33 bits per heavy atom. The van der Waals surface area contributed by atoms with E-state index in [2.05, 4.69) is 30.7 Å². The van der Waals surface area contributed by atoms with Crippen molar-refractivity contribution in [3.63, 3.8) is 0 Å². The number of phosphoric ester groups is 2. The minimum atomic E-state index is -4.85. The third kappa shape index (κ3) is 3.77. The highest BCUT2D eigenvalue weighted by Crippen LogP contribution is 2.71. The van der Waals surface area contributed by atoms with Crippen molar-refractivity contribution in [2.75, 3.05) is 19.0 Å². The number of aromatic nitrogens is 4. The number of phosphoric acid groups is 2. The SMILES string of the molecule is C#Cc1nc(NC)c2ncn([C@@H]3C[C@H](OP(=O)(O)O)[C@]4(COP(=O)(O)O)C[C@H]34)c2n1. The van der Waals surface area contributed by atoms with Crippen molar-refractivity contribution in [2.24, 2.45) is 11.3 Å². The Morgan fingerprint density at radius 3 is 2.67 bits per heavy atom. The predicted octanol–water partition coefficient (Wildman–Crippen LogP) is 0.388. The van der Waals surface area contributed by atoms with Gasteiger partial charge in [0.05, 0.1) is 19.0 Å². The molecule has 4 rings (SSSR count). The van der Waals surface area contributed by atoms with Crippen molar-refractivity contribution in [3.05, 3.63) is 12.2 Å². The zero-order chi connectivity index (χ0) is 21.9. The second-order valence-corrected chi connectivity index (χ2v) is 9.74. The van der Waals surface area contributed by atoms with Gasteiger partial charge in [-0.25, -0.2) is 24.1 Å². The molecule has 0 spiro atoms. The summed E-state index contributed by atoms with van der Waals surface area (Å²) in [5, 5.41) is 2.90. The zero-order valence-corrected chi connectivity index (χ0v) is 17.4. The Morgan fingerprint density at radius 2 is 2.07 bits per heavy atom. The van der Waals surface area contributed by atoms with Gasteiger partial charge in [0.1, 0.15) is 0 Å². The van der Waals surface area contributed by atoms with Crippen LogP contribution in [0.15, 0.2) is 6.33 Å². The quantitative estimate of drug-likeness (QED) is 0.283. The molecule has 0 aliphatic heterocycles. The summed E-state index contributed by atoms with van der Waals surface area (Å²) in [6.07, 6.45) is 6.54. The number of nitrogens with zero attached hydrogens (tertiary/aromatic N) is 4. The van der Waals surface area contributed by atoms with Gasteiger partial charge in [-0.15, -0.1) is 6.42 Å². The lowest BCUT2D eigenvalue weighted by molar-refractivity contribution is 0.0499. The highest BCUT2D eigenvalue weighted by molar-refractivity contribution is 7.46. The molecule has 0 radical (unpaired) electrons. The maximum atomic E-state index is 11.5. The Labute approximate surface area is 170 Å². The van der Waals surface area contributed by atoms with Gasteiger partial charge in [0, 0.05) is 18.5 Å². The molecule has 2 aromatic rings. The summed E-state index contributed by atoms with van der Waals surface area (Å²) in [5.74, 6) is 2.72. The Hall–Kier alpha value is -1.87. The van der Waals surface area contributed by atoms with Crippen LogP contribution in [0, 0.1) is 23.7 Å². The fourth-order valence-corrected chi connectivity index (χ4v) is 5.38. The number of hydrogen-bond acceptors (Lipinski definition) is 8. The lowest BCUT2D eigenvalue weighted by Crippen LogP contribution is -2.26. The molecule has 0 aromatic carbocycles. The summed E-state index contributed by atoms with van der Waals surface area (Å²) >= 11 is 0. The fourth-order valence-electron chi connectivity index (χ4n) is 4.34. The van der Waals surface area contributed by atoms with Crippen LogP contribution < -0.4 is 5.32 Å². The van der Waals surface area contributed by atoms with Crippen molar-refractivity contribution >= 4 is 32.6 Å². The van der Waals surface area contributed by atoms with E-state index in [0.717, 1.165) is 0 Å². The van der Waals surface area contributed by atoms with Gasteiger partial charge >= 0.3 is 15.6 Å².